The molecule has 0 saturated heterocycles. The summed E-state index contributed by atoms with van der Waals surface area (Å²) in [6.45, 7) is 2.42. The Morgan fingerprint density at radius 1 is 0.944 bits per heavy atom. The van der Waals surface area contributed by atoms with Gasteiger partial charge in [-0.15, -0.1) is 0 Å². The van der Waals surface area contributed by atoms with Crippen molar-refractivity contribution in [3.63, 3.8) is 0 Å². The third kappa shape index (κ3) is 8.00. The first-order valence-electron chi connectivity index (χ1n) is 12.9. The van der Waals surface area contributed by atoms with Crippen LogP contribution in [-0.4, -0.2) is 49.4 Å². The van der Waals surface area contributed by atoms with Crippen molar-refractivity contribution in [2.45, 2.75) is 83.7 Å². The molecule has 0 bridgehead atoms. The van der Waals surface area contributed by atoms with Gasteiger partial charge < -0.3 is 24.1 Å². The quantitative estimate of drug-likeness (QED) is 0.404. The van der Waals surface area contributed by atoms with Crippen LogP contribution in [0.25, 0.3) is 6.08 Å². The molecule has 1 N–H and O–H groups in total. The Hall–Kier alpha value is -3.03. The highest BCUT2D eigenvalue weighted by Crippen LogP contribution is 2.42. The lowest BCUT2D eigenvalue weighted by atomic mass is 9.70. The van der Waals surface area contributed by atoms with E-state index in [2.05, 4.69) is 0 Å². The number of phenols is 1. The number of esters is 3. The zero-order valence-corrected chi connectivity index (χ0v) is 21.4. The van der Waals surface area contributed by atoms with Gasteiger partial charge >= 0.3 is 17.9 Å². The molecule has 1 fully saturated rings. The minimum absolute atomic E-state index is 0.0136. The van der Waals surface area contributed by atoms with Crippen LogP contribution in [0.2, 0.25) is 0 Å². The highest BCUT2D eigenvalue weighted by Gasteiger charge is 2.32. The van der Waals surface area contributed by atoms with E-state index in [9.17, 15) is 19.5 Å². The van der Waals surface area contributed by atoms with Crippen LogP contribution in [-0.2, 0) is 23.8 Å². The van der Waals surface area contributed by atoms with Crippen molar-refractivity contribution in [3.05, 3.63) is 29.3 Å². The van der Waals surface area contributed by atoms with Crippen molar-refractivity contribution < 1.29 is 38.4 Å². The monoisotopic (exact) mass is 502 g/mol. The Morgan fingerprint density at radius 3 is 2.33 bits per heavy atom. The van der Waals surface area contributed by atoms with Gasteiger partial charge in [0, 0.05) is 12.5 Å². The molecule has 1 atom stereocenters. The average Bonchev–Trinajstić information content (AvgIpc) is 2.83. The van der Waals surface area contributed by atoms with Gasteiger partial charge in [0.1, 0.15) is 17.1 Å². The maximum Gasteiger partial charge on any atom is 0.342 e. The van der Waals surface area contributed by atoms with E-state index in [-0.39, 0.29) is 41.5 Å². The van der Waals surface area contributed by atoms with Gasteiger partial charge in [0.25, 0.3) is 0 Å². The van der Waals surface area contributed by atoms with Gasteiger partial charge in [0.05, 0.1) is 32.8 Å². The SMILES string of the molecule is COc1cc(O)c2c(c1)/C=C/CC(=O)OCCC1(CCCCC1)CCOC(=O)CCC[C@H](C)OC2=O. The normalized spacial score (nSPS) is 23.5. The molecule has 198 valence electrons. The van der Waals surface area contributed by atoms with Crippen LogP contribution in [0.4, 0.5) is 0 Å². The number of cyclic esters (lactones) is 3. The molecule has 0 unspecified atom stereocenters. The molecule has 1 aromatic carbocycles. The first kappa shape index (κ1) is 27.6. The van der Waals surface area contributed by atoms with Crippen LogP contribution in [0.15, 0.2) is 18.2 Å². The van der Waals surface area contributed by atoms with Crippen LogP contribution in [0.1, 0.15) is 93.5 Å². The maximum absolute atomic E-state index is 12.8. The van der Waals surface area contributed by atoms with Gasteiger partial charge in [0.15, 0.2) is 0 Å². The molecule has 1 heterocycles. The van der Waals surface area contributed by atoms with Crippen molar-refractivity contribution in [2.75, 3.05) is 20.3 Å². The van der Waals surface area contributed by atoms with E-state index in [4.69, 9.17) is 18.9 Å². The average molecular weight is 503 g/mol. The largest absolute Gasteiger partial charge is 0.507 e. The van der Waals surface area contributed by atoms with Crippen LogP contribution in [0.5, 0.6) is 11.5 Å². The molecule has 2 aliphatic rings. The van der Waals surface area contributed by atoms with E-state index < -0.39 is 12.1 Å². The fraction of sp³-hybridized carbons (Fsp3) is 0.607. The molecule has 3 rings (SSSR count). The Bertz CT molecular complexity index is 945. The van der Waals surface area contributed by atoms with Crippen LogP contribution in [0.3, 0.4) is 0 Å². The summed E-state index contributed by atoms with van der Waals surface area (Å²) in [5, 5.41) is 10.5. The highest BCUT2D eigenvalue weighted by molar-refractivity contribution is 5.97. The number of aromatic hydroxyl groups is 1. The van der Waals surface area contributed by atoms with E-state index in [0.717, 1.165) is 38.5 Å². The lowest BCUT2D eigenvalue weighted by Crippen LogP contribution is -2.28. The number of carbonyl (C=O) groups excluding carboxylic acids is 3. The molecule has 0 radical (unpaired) electrons. The summed E-state index contributed by atoms with van der Waals surface area (Å²) in [4.78, 5) is 37.5. The third-order valence-electron chi connectivity index (χ3n) is 7.15. The van der Waals surface area contributed by atoms with Crippen molar-refractivity contribution in [2.24, 2.45) is 5.41 Å². The van der Waals surface area contributed by atoms with Gasteiger partial charge in [-0.25, -0.2) is 4.79 Å². The van der Waals surface area contributed by atoms with Crippen LogP contribution in [0, 0.1) is 5.41 Å². The number of methoxy groups -OCH3 is 1. The molecule has 1 aromatic rings. The van der Waals surface area contributed by atoms with Gasteiger partial charge in [0.2, 0.25) is 0 Å². The predicted octanol–water partition coefficient (Wildman–Crippen LogP) is 5.35. The zero-order valence-electron chi connectivity index (χ0n) is 21.4. The molecule has 1 saturated carbocycles. The van der Waals surface area contributed by atoms with Crippen molar-refractivity contribution in [1.82, 2.24) is 0 Å². The number of fused-ring (bicyclic) bond motifs is 1. The first-order chi connectivity index (χ1) is 17.3. The lowest BCUT2D eigenvalue weighted by Gasteiger charge is -2.37. The maximum atomic E-state index is 12.8. The topological polar surface area (TPSA) is 108 Å². The van der Waals surface area contributed by atoms with E-state index in [1.807, 2.05) is 0 Å². The van der Waals surface area contributed by atoms with Crippen molar-refractivity contribution in [3.8, 4) is 11.5 Å². The van der Waals surface area contributed by atoms with Gasteiger partial charge in [-0.05, 0) is 62.5 Å². The van der Waals surface area contributed by atoms with Crippen LogP contribution < -0.4 is 4.74 Å². The molecule has 8 heteroatoms. The Balaban J connectivity index is 1.78. The van der Waals surface area contributed by atoms with Crippen LogP contribution >= 0.6 is 0 Å². The molecule has 8 nitrogen and oxygen atoms in total. The fourth-order valence-electron chi connectivity index (χ4n) is 5.03. The summed E-state index contributed by atoms with van der Waals surface area (Å²) in [5.41, 5.74) is 0.391. The van der Waals surface area contributed by atoms with Crippen molar-refractivity contribution >= 4 is 24.0 Å². The number of phenolic OH excluding ortho intramolecular Hbond substituents is 1. The Kier molecular flexibility index (Phi) is 10.2. The second-order valence-electron chi connectivity index (χ2n) is 9.83. The molecule has 0 aromatic heterocycles. The van der Waals surface area contributed by atoms with E-state index in [0.29, 0.717) is 37.4 Å². The minimum atomic E-state index is -0.695. The standard InChI is InChI=1S/C28H38O8/c1-20-8-6-10-24(30)34-16-14-28(12-4-3-5-13-28)15-17-35-25(31)11-7-9-21-18-22(33-2)19-23(29)26(21)27(32)36-20/h7,9,18-20,29H,3-6,8,10-17H2,1-2H3/b9-7+/t20-/m0/s1. The smallest absolute Gasteiger partial charge is 0.342 e. The number of hydrogen-bond donors (Lipinski definition) is 1. The first-order valence-corrected chi connectivity index (χ1v) is 12.9. The number of hydrogen-bond acceptors (Lipinski definition) is 8. The highest BCUT2D eigenvalue weighted by atomic mass is 16.5. The number of benzene rings is 1. The molecule has 0 amide bonds. The Labute approximate surface area is 212 Å². The predicted molar refractivity (Wildman–Crippen MR) is 134 cm³/mol. The third-order valence-corrected chi connectivity index (χ3v) is 7.15. The van der Waals surface area contributed by atoms with Gasteiger partial charge in [-0.2, -0.15) is 0 Å². The number of carbonyl (C=O) groups is 3. The van der Waals surface area contributed by atoms with Gasteiger partial charge in [-0.3, -0.25) is 9.59 Å². The molecule has 36 heavy (non-hydrogen) atoms. The molecule has 1 aliphatic heterocycles. The summed E-state index contributed by atoms with van der Waals surface area (Å²) in [6.07, 6.45) is 11.1. The summed E-state index contributed by atoms with van der Waals surface area (Å²) >= 11 is 0. The number of ether oxygens (including phenoxy) is 4. The van der Waals surface area contributed by atoms with Crippen molar-refractivity contribution in [1.29, 1.82) is 0 Å². The number of rotatable bonds is 1. The second-order valence-corrected chi connectivity index (χ2v) is 9.83. The minimum Gasteiger partial charge on any atom is -0.507 e. The van der Waals surface area contributed by atoms with E-state index in [1.54, 1.807) is 25.1 Å². The van der Waals surface area contributed by atoms with Gasteiger partial charge in [-0.1, -0.05) is 31.4 Å². The molecular formula is C28H38O8. The summed E-state index contributed by atoms with van der Waals surface area (Å²) < 4.78 is 21.7. The Morgan fingerprint density at radius 2 is 1.64 bits per heavy atom. The van der Waals surface area contributed by atoms with E-state index in [1.165, 1.54) is 19.6 Å². The summed E-state index contributed by atoms with van der Waals surface area (Å²) in [5.74, 6) is -1.24. The fourth-order valence-corrected chi connectivity index (χ4v) is 5.03. The zero-order chi connectivity index (χ0) is 26.0. The lowest BCUT2D eigenvalue weighted by molar-refractivity contribution is -0.145. The summed E-state index contributed by atoms with van der Waals surface area (Å²) in [6, 6.07) is 2.93. The molecule has 1 aliphatic carbocycles. The second kappa shape index (κ2) is 13.3. The molecular weight excluding hydrogens is 464 g/mol. The summed E-state index contributed by atoms with van der Waals surface area (Å²) in [7, 11) is 1.46. The molecule has 1 spiro atoms. The van der Waals surface area contributed by atoms with E-state index >= 15 is 0 Å².